The minimum absolute atomic E-state index is 0.0733. The largest absolute Gasteiger partial charge is 0.417 e. The third-order valence-corrected chi connectivity index (χ3v) is 8.25. The molecule has 2 aromatic heterocycles. The van der Waals surface area contributed by atoms with E-state index in [0.29, 0.717) is 62.7 Å². The van der Waals surface area contributed by atoms with Crippen molar-refractivity contribution < 1.29 is 27.1 Å². The lowest BCUT2D eigenvalue weighted by Crippen LogP contribution is -2.39. The van der Waals surface area contributed by atoms with E-state index in [-0.39, 0.29) is 23.3 Å². The van der Waals surface area contributed by atoms with Crippen LogP contribution in [-0.2, 0) is 18.0 Å². The summed E-state index contributed by atoms with van der Waals surface area (Å²) in [5.74, 6) is -1.21. The lowest BCUT2D eigenvalue weighted by Gasteiger charge is -2.29. The van der Waals surface area contributed by atoms with Gasteiger partial charge >= 0.3 is 6.18 Å². The first kappa shape index (κ1) is 31.4. The first-order valence-electron chi connectivity index (χ1n) is 14.4. The normalized spacial score (nSPS) is 17.5. The molecule has 236 valence electrons. The number of hydrogen-bond acceptors (Lipinski definition) is 8. The summed E-state index contributed by atoms with van der Waals surface area (Å²) in [4.78, 5) is 40.3. The molecule has 4 heterocycles. The summed E-state index contributed by atoms with van der Waals surface area (Å²) in [6, 6.07) is 3.49. The lowest BCUT2D eigenvalue weighted by molar-refractivity contribution is -0.138. The Morgan fingerprint density at radius 3 is 2.41 bits per heavy atom. The van der Waals surface area contributed by atoms with E-state index in [1.807, 2.05) is 16.8 Å². The number of likely N-dealkylation sites (N-methyl/N-ethyl adjacent to an activating group) is 1. The van der Waals surface area contributed by atoms with Gasteiger partial charge in [-0.2, -0.15) is 13.2 Å². The Kier molecular flexibility index (Phi) is 8.93. The van der Waals surface area contributed by atoms with E-state index in [1.54, 1.807) is 0 Å². The van der Waals surface area contributed by atoms with Crippen LogP contribution in [0.3, 0.4) is 0 Å². The quantitative estimate of drug-likeness (QED) is 0.398. The predicted octanol–water partition coefficient (Wildman–Crippen LogP) is 4.01. The number of morpholine rings is 1. The van der Waals surface area contributed by atoms with Crippen molar-refractivity contribution in [3.05, 3.63) is 64.1 Å². The highest BCUT2D eigenvalue weighted by Gasteiger charge is 2.37. The first-order chi connectivity index (χ1) is 20.8. The van der Waals surface area contributed by atoms with Gasteiger partial charge in [-0.25, -0.2) is 14.4 Å². The molecule has 1 N–H and O–H groups in total. The number of ether oxygens (including phenoxy) is 1. The van der Waals surface area contributed by atoms with E-state index in [4.69, 9.17) is 4.74 Å². The van der Waals surface area contributed by atoms with Crippen LogP contribution in [0.1, 0.15) is 36.2 Å². The Morgan fingerprint density at radius 1 is 1.09 bits per heavy atom. The second kappa shape index (κ2) is 12.5. The molecule has 2 aliphatic rings. The Morgan fingerprint density at radius 2 is 1.77 bits per heavy atom. The zero-order chi connectivity index (χ0) is 31.8. The van der Waals surface area contributed by atoms with E-state index in [1.165, 1.54) is 31.6 Å². The van der Waals surface area contributed by atoms with Crippen molar-refractivity contribution >= 4 is 23.2 Å². The molecule has 0 aliphatic carbocycles. The van der Waals surface area contributed by atoms with E-state index >= 15 is 4.39 Å². The number of carbonyl (C=O) groups is 1. The number of aryl methyl sites for hydroxylation is 1. The summed E-state index contributed by atoms with van der Waals surface area (Å²) in [6.07, 6.45) is -0.368. The highest BCUT2D eigenvalue weighted by Crippen LogP contribution is 2.37. The topological polar surface area (TPSA) is 95.8 Å². The molecule has 0 unspecified atom stereocenters. The number of anilines is 3. The number of halogens is 4. The lowest BCUT2D eigenvalue weighted by atomic mass is 10.0. The number of alkyl halides is 3. The molecule has 1 amide bonds. The molecule has 2 saturated heterocycles. The van der Waals surface area contributed by atoms with Crippen LogP contribution in [0.4, 0.5) is 34.9 Å². The number of hydrogen-bond donors (Lipinski definition) is 1. The van der Waals surface area contributed by atoms with E-state index < -0.39 is 34.6 Å². The van der Waals surface area contributed by atoms with Crippen LogP contribution in [0, 0.1) is 5.82 Å². The Hall–Kier alpha value is -4.04. The van der Waals surface area contributed by atoms with Gasteiger partial charge in [-0.3, -0.25) is 14.5 Å². The molecule has 44 heavy (non-hydrogen) atoms. The second-order valence-electron chi connectivity index (χ2n) is 11.4. The van der Waals surface area contributed by atoms with Crippen molar-refractivity contribution in [3.63, 3.8) is 0 Å². The monoisotopic (exact) mass is 617 g/mol. The molecule has 5 rings (SSSR count). The Labute approximate surface area is 252 Å². The maximum absolute atomic E-state index is 15.8. The Bertz CT molecular complexity index is 1570. The molecule has 1 aromatic carbocycles. The number of aromatic nitrogens is 3. The second-order valence-corrected chi connectivity index (χ2v) is 11.4. The number of nitrogens with zero attached hydrogens (tertiary/aromatic N) is 6. The fourth-order valence-electron chi connectivity index (χ4n) is 5.48. The average molecular weight is 618 g/mol. The van der Waals surface area contributed by atoms with E-state index in [9.17, 15) is 22.8 Å². The summed E-state index contributed by atoms with van der Waals surface area (Å²) in [5.41, 5.74) is -2.12. The van der Waals surface area contributed by atoms with Crippen LogP contribution >= 0.6 is 0 Å². The SMILES string of the molecule is CC(C)N(C)[C@@H]1CCN(c2cc(F)c(-c3cnc(N4CCOCC4)nc3)cc2NC(=O)c2cn(C)c(=O)cc2C(F)(F)F)C1. The smallest absolute Gasteiger partial charge is 0.378 e. The van der Waals surface area contributed by atoms with Gasteiger partial charge in [-0.05, 0) is 39.4 Å². The van der Waals surface area contributed by atoms with Crippen LogP contribution in [0.5, 0.6) is 0 Å². The van der Waals surface area contributed by atoms with Gasteiger partial charge in [0.1, 0.15) is 5.82 Å². The van der Waals surface area contributed by atoms with Crippen LogP contribution in [0.2, 0.25) is 0 Å². The number of carbonyl (C=O) groups excluding carboxylic acids is 1. The number of amides is 1. The highest BCUT2D eigenvalue weighted by molar-refractivity contribution is 6.07. The van der Waals surface area contributed by atoms with Gasteiger partial charge in [-0.1, -0.05) is 0 Å². The van der Waals surface area contributed by atoms with Crippen molar-refractivity contribution in [3.8, 4) is 11.1 Å². The fourth-order valence-corrected chi connectivity index (χ4v) is 5.48. The summed E-state index contributed by atoms with van der Waals surface area (Å²) in [6.45, 7) is 7.54. The molecular formula is C30H35F4N7O3. The molecule has 3 aromatic rings. The first-order valence-corrected chi connectivity index (χ1v) is 14.4. The molecule has 1 atom stereocenters. The van der Waals surface area contributed by atoms with Crippen molar-refractivity contribution in [2.24, 2.45) is 7.05 Å². The summed E-state index contributed by atoms with van der Waals surface area (Å²) in [5, 5.41) is 2.59. The molecule has 0 spiro atoms. The minimum Gasteiger partial charge on any atom is -0.378 e. The van der Waals surface area contributed by atoms with E-state index in [2.05, 4.69) is 34.0 Å². The van der Waals surface area contributed by atoms with Crippen LogP contribution in [0.25, 0.3) is 11.1 Å². The van der Waals surface area contributed by atoms with Gasteiger partial charge in [0.25, 0.3) is 11.5 Å². The number of pyridine rings is 1. The average Bonchev–Trinajstić information content (AvgIpc) is 3.48. The van der Waals surface area contributed by atoms with Gasteiger partial charge in [0.2, 0.25) is 5.95 Å². The molecule has 14 heteroatoms. The molecule has 0 radical (unpaired) electrons. The molecule has 0 saturated carbocycles. The van der Waals surface area contributed by atoms with E-state index in [0.717, 1.165) is 17.2 Å². The van der Waals surface area contributed by atoms with Gasteiger partial charge < -0.3 is 24.4 Å². The molecule has 2 fully saturated rings. The number of rotatable bonds is 7. The van der Waals surface area contributed by atoms with Crippen LogP contribution < -0.4 is 20.7 Å². The number of benzene rings is 1. The molecule has 2 aliphatic heterocycles. The van der Waals surface area contributed by atoms with Crippen molar-refractivity contribution in [1.82, 2.24) is 19.4 Å². The highest BCUT2D eigenvalue weighted by atomic mass is 19.4. The minimum atomic E-state index is -4.94. The third kappa shape index (κ3) is 6.55. The van der Waals surface area contributed by atoms with Crippen LogP contribution in [-0.4, -0.2) is 83.9 Å². The standard InChI is InChI=1S/C30H35F4N7O3/c1-18(2)39(4)20-5-6-41(16-20)26-13-24(31)21(19-14-35-29(36-15-19)40-7-9-44-10-8-40)11-25(26)37-28(43)22-17-38(3)27(42)12-23(22)30(32,33)34/h11-15,17-18,20H,5-10,16H2,1-4H3,(H,37,43)/t20-/m1/s1. The van der Waals surface area contributed by atoms with Crippen molar-refractivity contribution in [2.75, 3.05) is 61.6 Å². The molecule has 0 bridgehead atoms. The summed E-state index contributed by atoms with van der Waals surface area (Å²) >= 11 is 0. The zero-order valence-corrected chi connectivity index (χ0v) is 25.0. The molecular weight excluding hydrogens is 582 g/mol. The fraction of sp³-hybridized carbons (Fsp3) is 0.467. The van der Waals surface area contributed by atoms with Crippen molar-refractivity contribution in [2.45, 2.75) is 38.5 Å². The third-order valence-electron chi connectivity index (χ3n) is 8.25. The van der Waals surface area contributed by atoms with Gasteiger partial charge in [0, 0.05) is 81.1 Å². The number of nitrogens with one attached hydrogen (secondary N) is 1. The maximum atomic E-state index is 15.8. The zero-order valence-electron chi connectivity index (χ0n) is 25.0. The van der Waals surface area contributed by atoms with Crippen LogP contribution in [0.15, 0.2) is 41.6 Å². The molecule has 10 nitrogen and oxygen atoms in total. The van der Waals surface area contributed by atoms with Gasteiger partial charge in [0.05, 0.1) is 35.7 Å². The van der Waals surface area contributed by atoms with Gasteiger partial charge in [-0.15, -0.1) is 0 Å². The summed E-state index contributed by atoms with van der Waals surface area (Å²) in [7, 11) is 3.26. The van der Waals surface area contributed by atoms with Gasteiger partial charge in [0.15, 0.2) is 0 Å². The maximum Gasteiger partial charge on any atom is 0.417 e. The van der Waals surface area contributed by atoms with Crippen molar-refractivity contribution in [1.29, 1.82) is 0 Å². The Balaban J connectivity index is 1.53. The predicted molar refractivity (Wildman–Crippen MR) is 159 cm³/mol. The summed E-state index contributed by atoms with van der Waals surface area (Å²) < 4.78 is 63.6.